The molecule has 1 aromatic rings. The number of ether oxygens (including phenoxy) is 1. The molecule has 3 N–H and O–H groups in total. The van der Waals surface area contributed by atoms with E-state index in [2.05, 4.69) is 23.8 Å². The highest BCUT2D eigenvalue weighted by atomic mass is 16.5. The minimum Gasteiger partial charge on any atom is -0.497 e. The SMILES string of the molecule is C=C(C(=O)NC1CC2CCC(C1)N2C)c1ccc(OC)cc1N. The Bertz CT molecular complexity index is 615. The first-order chi connectivity index (χ1) is 11.0. The van der Waals surface area contributed by atoms with Crippen molar-refractivity contribution in [3.8, 4) is 5.75 Å². The average molecular weight is 315 g/mol. The van der Waals surface area contributed by atoms with Gasteiger partial charge in [-0.15, -0.1) is 0 Å². The van der Waals surface area contributed by atoms with Crippen LogP contribution in [0.1, 0.15) is 31.2 Å². The first kappa shape index (κ1) is 15.9. The molecule has 0 aromatic heterocycles. The predicted octanol–water partition coefficient (Wildman–Crippen LogP) is 2.03. The second-order valence-corrected chi connectivity index (χ2v) is 6.62. The lowest BCUT2D eigenvalue weighted by atomic mass is 9.97. The van der Waals surface area contributed by atoms with Crippen LogP contribution in [-0.2, 0) is 4.79 Å². The molecule has 0 spiro atoms. The van der Waals surface area contributed by atoms with Crippen molar-refractivity contribution in [2.24, 2.45) is 0 Å². The standard InChI is InChI=1S/C18H25N3O2/c1-11(16-7-6-15(23-3)10-17(16)19)18(22)20-12-8-13-4-5-14(9-12)21(13)2/h6-7,10,12-14H,1,4-5,8-9,19H2,2-3H3,(H,20,22). The number of hydrogen-bond acceptors (Lipinski definition) is 4. The normalized spacial score (nSPS) is 26.8. The fraction of sp³-hybridized carbons (Fsp3) is 0.500. The summed E-state index contributed by atoms with van der Waals surface area (Å²) in [4.78, 5) is 15.0. The first-order valence-corrected chi connectivity index (χ1v) is 8.15. The van der Waals surface area contributed by atoms with E-state index >= 15 is 0 Å². The van der Waals surface area contributed by atoms with E-state index in [1.165, 1.54) is 12.8 Å². The lowest BCUT2D eigenvalue weighted by Crippen LogP contribution is -2.48. The van der Waals surface area contributed by atoms with Crippen LogP contribution in [0.2, 0.25) is 0 Å². The van der Waals surface area contributed by atoms with E-state index in [9.17, 15) is 4.79 Å². The number of methoxy groups -OCH3 is 1. The number of piperidine rings is 1. The Morgan fingerprint density at radius 3 is 2.57 bits per heavy atom. The van der Waals surface area contributed by atoms with Gasteiger partial charge < -0.3 is 20.7 Å². The van der Waals surface area contributed by atoms with Gasteiger partial charge in [-0.05, 0) is 44.9 Å². The van der Waals surface area contributed by atoms with Crippen LogP contribution < -0.4 is 15.8 Å². The molecular weight excluding hydrogens is 290 g/mol. The van der Waals surface area contributed by atoms with Crippen molar-refractivity contribution < 1.29 is 9.53 Å². The number of amides is 1. The molecule has 2 heterocycles. The van der Waals surface area contributed by atoms with E-state index in [4.69, 9.17) is 10.5 Å². The smallest absolute Gasteiger partial charge is 0.251 e. The van der Waals surface area contributed by atoms with Gasteiger partial charge in [0, 0.05) is 41.0 Å². The van der Waals surface area contributed by atoms with Crippen molar-refractivity contribution in [2.75, 3.05) is 19.9 Å². The van der Waals surface area contributed by atoms with Crippen molar-refractivity contribution >= 4 is 17.2 Å². The molecule has 2 atom stereocenters. The number of anilines is 1. The van der Waals surface area contributed by atoms with Gasteiger partial charge in [0.15, 0.2) is 0 Å². The zero-order chi connectivity index (χ0) is 16.6. The number of nitrogens with one attached hydrogen (secondary N) is 1. The largest absolute Gasteiger partial charge is 0.497 e. The van der Waals surface area contributed by atoms with Gasteiger partial charge in [0.05, 0.1) is 7.11 Å². The fourth-order valence-electron chi connectivity index (χ4n) is 3.87. The van der Waals surface area contributed by atoms with Crippen LogP contribution in [-0.4, -0.2) is 43.1 Å². The summed E-state index contributed by atoms with van der Waals surface area (Å²) in [7, 11) is 3.78. The number of carbonyl (C=O) groups is 1. The molecule has 2 aliphatic rings. The predicted molar refractivity (Wildman–Crippen MR) is 92.2 cm³/mol. The molecule has 0 radical (unpaired) electrons. The molecule has 5 heteroatoms. The summed E-state index contributed by atoms with van der Waals surface area (Å²) in [5.41, 5.74) is 7.60. The molecule has 2 saturated heterocycles. The van der Waals surface area contributed by atoms with Gasteiger partial charge in [-0.3, -0.25) is 4.79 Å². The topological polar surface area (TPSA) is 67.6 Å². The Morgan fingerprint density at radius 2 is 2.00 bits per heavy atom. The molecule has 5 nitrogen and oxygen atoms in total. The quantitative estimate of drug-likeness (QED) is 0.659. The molecule has 2 fully saturated rings. The van der Waals surface area contributed by atoms with Gasteiger partial charge in [-0.25, -0.2) is 0 Å². The molecule has 0 saturated carbocycles. The lowest BCUT2D eigenvalue weighted by molar-refractivity contribution is -0.116. The van der Waals surface area contributed by atoms with Crippen molar-refractivity contribution in [2.45, 2.75) is 43.8 Å². The maximum absolute atomic E-state index is 12.5. The minimum atomic E-state index is -0.129. The Kier molecular flexibility index (Phi) is 4.31. The summed E-state index contributed by atoms with van der Waals surface area (Å²) in [5.74, 6) is 0.544. The highest BCUT2D eigenvalue weighted by Crippen LogP contribution is 2.34. The van der Waals surface area contributed by atoms with Crippen LogP contribution in [0.25, 0.3) is 5.57 Å². The van der Waals surface area contributed by atoms with Crippen LogP contribution in [0, 0.1) is 0 Å². The first-order valence-electron chi connectivity index (χ1n) is 8.15. The Morgan fingerprint density at radius 1 is 1.35 bits per heavy atom. The third-order valence-electron chi connectivity index (χ3n) is 5.29. The number of benzene rings is 1. The molecule has 1 amide bonds. The Labute approximate surface area is 137 Å². The lowest BCUT2D eigenvalue weighted by Gasteiger charge is -2.36. The zero-order valence-corrected chi connectivity index (χ0v) is 13.8. The van der Waals surface area contributed by atoms with Gasteiger partial charge in [0.1, 0.15) is 5.75 Å². The fourth-order valence-corrected chi connectivity index (χ4v) is 3.87. The summed E-state index contributed by atoms with van der Waals surface area (Å²) in [6.45, 7) is 3.93. The van der Waals surface area contributed by atoms with E-state index in [1.54, 1.807) is 25.3 Å². The van der Waals surface area contributed by atoms with E-state index in [0.717, 1.165) is 12.8 Å². The van der Waals surface area contributed by atoms with Crippen molar-refractivity contribution in [1.29, 1.82) is 0 Å². The van der Waals surface area contributed by atoms with Gasteiger partial charge in [-0.1, -0.05) is 6.58 Å². The maximum atomic E-state index is 12.5. The summed E-state index contributed by atoms with van der Waals surface area (Å²) in [6.07, 6.45) is 4.51. The van der Waals surface area contributed by atoms with E-state index in [0.29, 0.717) is 34.7 Å². The molecule has 3 rings (SSSR count). The van der Waals surface area contributed by atoms with E-state index in [-0.39, 0.29) is 11.9 Å². The van der Waals surface area contributed by atoms with Crippen LogP contribution in [0.4, 0.5) is 5.69 Å². The summed E-state index contributed by atoms with van der Waals surface area (Å²) < 4.78 is 5.14. The molecule has 2 aliphatic heterocycles. The van der Waals surface area contributed by atoms with Gasteiger partial charge in [0.2, 0.25) is 0 Å². The van der Waals surface area contributed by atoms with E-state index < -0.39 is 0 Å². The highest BCUT2D eigenvalue weighted by Gasteiger charge is 2.38. The van der Waals surface area contributed by atoms with Crippen LogP contribution in [0.5, 0.6) is 5.75 Å². The van der Waals surface area contributed by atoms with E-state index in [1.807, 2.05) is 0 Å². The van der Waals surface area contributed by atoms with Gasteiger partial charge in [-0.2, -0.15) is 0 Å². The van der Waals surface area contributed by atoms with Crippen LogP contribution in [0.3, 0.4) is 0 Å². The molecule has 2 unspecified atom stereocenters. The third-order valence-corrected chi connectivity index (χ3v) is 5.29. The number of hydrogen-bond donors (Lipinski definition) is 2. The minimum absolute atomic E-state index is 0.129. The molecule has 0 aliphatic carbocycles. The second-order valence-electron chi connectivity index (χ2n) is 6.62. The third kappa shape index (κ3) is 3.06. The Hall–Kier alpha value is -2.01. The average Bonchev–Trinajstić information content (AvgIpc) is 2.75. The maximum Gasteiger partial charge on any atom is 0.251 e. The molecule has 23 heavy (non-hydrogen) atoms. The molecule has 2 bridgehead atoms. The highest BCUT2D eigenvalue weighted by molar-refractivity contribution is 6.20. The summed E-state index contributed by atoms with van der Waals surface area (Å²) >= 11 is 0. The number of fused-ring (bicyclic) bond motifs is 2. The number of nitrogens with two attached hydrogens (primary N) is 1. The van der Waals surface area contributed by atoms with Crippen molar-refractivity contribution in [3.05, 3.63) is 30.3 Å². The number of nitrogens with zero attached hydrogens (tertiary/aromatic N) is 1. The summed E-state index contributed by atoms with van der Waals surface area (Å²) in [6, 6.07) is 6.71. The number of rotatable bonds is 4. The summed E-state index contributed by atoms with van der Waals surface area (Å²) in [5, 5.41) is 3.14. The number of nitrogen functional groups attached to an aromatic ring is 1. The molecule has 124 valence electrons. The van der Waals surface area contributed by atoms with Crippen molar-refractivity contribution in [3.63, 3.8) is 0 Å². The second kappa shape index (κ2) is 6.24. The Balaban J connectivity index is 1.65. The zero-order valence-electron chi connectivity index (χ0n) is 13.8. The number of carbonyl (C=O) groups excluding carboxylic acids is 1. The van der Waals surface area contributed by atoms with Gasteiger partial charge in [0.25, 0.3) is 5.91 Å². The van der Waals surface area contributed by atoms with Crippen LogP contribution >= 0.6 is 0 Å². The van der Waals surface area contributed by atoms with Crippen molar-refractivity contribution in [1.82, 2.24) is 10.2 Å². The molecule has 1 aromatic carbocycles. The molecular formula is C18H25N3O2. The monoisotopic (exact) mass is 315 g/mol. The van der Waals surface area contributed by atoms with Crippen LogP contribution in [0.15, 0.2) is 24.8 Å². The van der Waals surface area contributed by atoms with Gasteiger partial charge >= 0.3 is 0 Å².